The summed E-state index contributed by atoms with van der Waals surface area (Å²) in [5.74, 6) is 0.246. The molecule has 0 unspecified atom stereocenters. The molecule has 0 saturated carbocycles. The van der Waals surface area contributed by atoms with E-state index < -0.39 is 28.5 Å². The lowest BCUT2D eigenvalue weighted by molar-refractivity contribution is -0.139. The van der Waals surface area contributed by atoms with E-state index in [1.807, 2.05) is 13.8 Å². The highest BCUT2D eigenvalue weighted by Gasteiger charge is 2.32. The maximum absolute atomic E-state index is 14.0. The van der Waals surface area contributed by atoms with Crippen LogP contribution in [-0.4, -0.2) is 58.0 Å². The molecule has 0 radical (unpaired) electrons. The zero-order valence-corrected chi connectivity index (χ0v) is 25.4. The quantitative estimate of drug-likeness (QED) is 0.299. The molecule has 3 aromatic carbocycles. The monoisotopic (exact) mass is 601 g/mol. The summed E-state index contributed by atoms with van der Waals surface area (Å²) >= 11 is 6.07. The van der Waals surface area contributed by atoms with Crippen LogP contribution in [0, 0.1) is 0 Å². The highest BCUT2D eigenvalue weighted by molar-refractivity contribution is 7.92. The number of rotatable bonds is 13. The summed E-state index contributed by atoms with van der Waals surface area (Å²) in [5, 5.41) is 3.33. The molecule has 0 fully saturated rings. The average molecular weight is 602 g/mol. The van der Waals surface area contributed by atoms with Crippen LogP contribution in [0.1, 0.15) is 32.8 Å². The molecule has 1 N–H and O–H groups in total. The Bertz CT molecular complexity index is 1410. The van der Waals surface area contributed by atoms with Gasteiger partial charge in [0, 0.05) is 17.6 Å². The fourth-order valence-electron chi connectivity index (χ4n) is 3.99. The molecule has 0 saturated heterocycles. The molecule has 0 bridgehead atoms. The van der Waals surface area contributed by atoms with Crippen LogP contribution in [0.2, 0.25) is 5.02 Å². The van der Waals surface area contributed by atoms with E-state index in [4.69, 9.17) is 21.1 Å². The minimum atomic E-state index is -4.20. The van der Waals surface area contributed by atoms with Gasteiger partial charge in [0.15, 0.2) is 0 Å². The lowest BCUT2D eigenvalue weighted by Crippen LogP contribution is -2.52. The minimum absolute atomic E-state index is 0.0229. The Balaban J connectivity index is 2.01. The molecule has 2 atom stereocenters. The van der Waals surface area contributed by atoms with E-state index in [-0.39, 0.29) is 29.1 Å². The summed E-state index contributed by atoms with van der Waals surface area (Å²) in [6.45, 7) is 4.99. The average Bonchev–Trinajstić information content (AvgIpc) is 2.98. The number of halogens is 1. The summed E-state index contributed by atoms with van der Waals surface area (Å²) in [4.78, 5) is 28.5. The van der Waals surface area contributed by atoms with Gasteiger partial charge in [0.2, 0.25) is 11.8 Å². The Hall–Kier alpha value is -3.76. The summed E-state index contributed by atoms with van der Waals surface area (Å²) < 4.78 is 39.2. The minimum Gasteiger partial charge on any atom is -0.497 e. The van der Waals surface area contributed by atoms with Crippen LogP contribution in [0.15, 0.2) is 77.7 Å². The van der Waals surface area contributed by atoms with Crippen molar-refractivity contribution in [2.75, 3.05) is 25.1 Å². The number of nitrogens with one attached hydrogen (secondary N) is 1. The Kier molecular flexibility index (Phi) is 11.0. The zero-order chi connectivity index (χ0) is 30.2. The van der Waals surface area contributed by atoms with Gasteiger partial charge in [-0.2, -0.15) is 0 Å². The van der Waals surface area contributed by atoms with Crippen LogP contribution < -0.4 is 19.1 Å². The highest BCUT2D eigenvalue weighted by Crippen LogP contribution is 2.27. The Morgan fingerprint density at radius 1 is 0.878 bits per heavy atom. The topological polar surface area (TPSA) is 105 Å². The molecule has 0 aliphatic carbocycles. The van der Waals surface area contributed by atoms with Crippen molar-refractivity contribution in [3.05, 3.63) is 83.4 Å². The Morgan fingerprint density at radius 3 is 1.93 bits per heavy atom. The van der Waals surface area contributed by atoms with E-state index in [0.717, 1.165) is 16.3 Å². The first-order valence-electron chi connectivity index (χ1n) is 13.1. The number of benzene rings is 3. The predicted molar refractivity (Wildman–Crippen MR) is 160 cm³/mol. The molecular weight excluding hydrogens is 566 g/mol. The van der Waals surface area contributed by atoms with Crippen molar-refractivity contribution >= 4 is 39.1 Å². The van der Waals surface area contributed by atoms with Crippen molar-refractivity contribution in [2.45, 2.75) is 50.7 Å². The summed E-state index contributed by atoms with van der Waals surface area (Å²) in [6.07, 6.45) is 0.718. The Labute approximate surface area is 247 Å². The first-order chi connectivity index (χ1) is 19.5. The van der Waals surface area contributed by atoms with Gasteiger partial charge in [0.05, 0.1) is 24.8 Å². The maximum Gasteiger partial charge on any atom is 0.264 e. The molecule has 3 aromatic rings. The number of hydrogen-bond acceptors (Lipinski definition) is 6. The zero-order valence-electron chi connectivity index (χ0n) is 23.8. The SMILES string of the molecule is CC[C@H](C)NC(=O)[C@H](C)N(Cc1ccc(OC)cc1)C(=O)CN(c1ccc(Cl)cc1)S(=O)(=O)c1ccc(OC)cc1. The van der Waals surface area contributed by atoms with Gasteiger partial charge >= 0.3 is 0 Å². The number of carbonyl (C=O) groups is 2. The second-order valence-corrected chi connectivity index (χ2v) is 11.8. The normalized spacial score (nSPS) is 12.6. The number of anilines is 1. The van der Waals surface area contributed by atoms with Crippen LogP contribution in [-0.2, 0) is 26.2 Å². The molecule has 3 rings (SSSR count). The Morgan fingerprint density at radius 2 is 1.41 bits per heavy atom. The van der Waals surface area contributed by atoms with E-state index in [2.05, 4.69) is 5.32 Å². The van der Waals surface area contributed by atoms with Gasteiger partial charge in [-0.1, -0.05) is 30.7 Å². The van der Waals surface area contributed by atoms with Crippen LogP contribution in [0.3, 0.4) is 0 Å². The van der Waals surface area contributed by atoms with E-state index >= 15 is 0 Å². The molecule has 0 heterocycles. The van der Waals surface area contributed by atoms with E-state index in [1.165, 1.54) is 48.4 Å². The lowest BCUT2D eigenvalue weighted by Gasteiger charge is -2.32. The third-order valence-electron chi connectivity index (χ3n) is 6.72. The largest absolute Gasteiger partial charge is 0.497 e. The molecule has 0 aliphatic rings. The van der Waals surface area contributed by atoms with Crippen molar-refractivity contribution < 1.29 is 27.5 Å². The number of hydrogen-bond donors (Lipinski definition) is 1. The number of amides is 2. The van der Waals surface area contributed by atoms with E-state index in [1.54, 1.807) is 50.4 Å². The highest BCUT2D eigenvalue weighted by atomic mass is 35.5. The van der Waals surface area contributed by atoms with Gasteiger partial charge in [0.1, 0.15) is 24.1 Å². The van der Waals surface area contributed by atoms with Crippen molar-refractivity contribution in [1.82, 2.24) is 10.2 Å². The van der Waals surface area contributed by atoms with Crippen molar-refractivity contribution in [2.24, 2.45) is 0 Å². The second-order valence-electron chi connectivity index (χ2n) is 9.53. The number of carbonyl (C=O) groups excluding carboxylic acids is 2. The summed E-state index contributed by atoms with van der Waals surface area (Å²) in [6, 6.07) is 18.2. The molecule has 0 aliphatic heterocycles. The molecule has 0 spiro atoms. The van der Waals surface area contributed by atoms with Crippen molar-refractivity contribution in [3.63, 3.8) is 0 Å². The molecule has 220 valence electrons. The fourth-order valence-corrected chi connectivity index (χ4v) is 5.53. The molecule has 2 amide bonds. The van der Waals surface area contributed by atoms with Gasteiger partial charge < -0.3 is 19.7 Å². The summed E-state index contributed by atoms with van der Waals surface area (Å²) in [7, 11) is -1.16. The summed E-state index contributed by atoms with van der Waals surface area (Å²) in [5.41, 5.74) is 0.998. The molecule has 0 aromatic heterocycles. The van der Waals surface area contributed by atoms with E-state index in [0.29, 0.717) is 16.5 Å². The van der Waals surface area contributed by atoms with Gasteiger partial charge in [-0.3, -0.25) is 13.9 Å². The third kappa shape index (κ3) is 8.14. The van der Waals surface area contributed by atoms with E-state index in [9.17, 15) is 18.0 Å². The van der Waals surface area contributed by atoms with Crippen LogP contribution in [0.5, 0.6) is 11.5 Å². The molecule has 11 heteroatoms. The number of nitrogens with zero attached hydrogens (tertiary/aromatic N) is 2. The number of ether oxygens (including phenoxy) is 2. The van der Waals surface area contributed by atoms with Crippen LogP contribution >= 0.6 is 11.6 Å². The van der Waals surface area contributed by atoms with Gasteiger partial charge in [0.25, 0.3) is 10.0 Å². The third-order valence-corrected chi connectivity index (χ3v) is 8.76. The van der Waals surface area contributed by atoms with Crippen molar-refractivity contribution in [1.29, 1.82) is 0 Å². The van der Waals surface area contributed by atoms with Gasteiger partial charge in [-0.15, -0.1) is 0 Å². The van der Waals surface area contributed by atoms with Crippen molar-refractivity contribution in [3.8, 4) is 11.5 Å². The fraction of sp³-hybridized carbons (Fsp3) is 0.333. The number of sulfonamides is 1. The molecular formula is C30H36ClN3O6S. The first-order valence-corrected chi connectivity index (χ1v) is 15.0. The lowest BCUT2D eigenvalue weighted by atomic mass is 10.1. The van der Waals surface area contributed by atoms with Crippen LogP contribution in [0.4, 0.5) is 5.69 Å². The van der Waals surface area contributed by atoms with Gasteiger partial charge in [-0.05, 0) is 86.5 Å². The van der Waals surface area contributed by atoms with Crippen LogP contribution in [0.25, 0.3) is 0 Å². The smallest absolute Gasteiger partial charge is 0.264 e. The standard InChI is InChI=1S/C30H36ClN3O6S/c1-6-21(2)32-30(36)22(3)33(19-23-7-13-26(39-4)14-8-23)29(35)20-34(25-11-9-24(31)10-12-25)41(37,38)28-17-15-27(40-5)16-18-28/h7-18,21-22H,6,19-20H2,1-5H3,(H,32,36)/t21-,22-/m0/s1. The second kappa shape index (κ2) is 14.2. The van der Waals surface area contributed by atoms with Gasteiger partial charge in [-0.25, -0.2) is 8.42 Å². The number of methoxy groups -OCH3 is 2. The molecule has 41 heavy (non-hydrogen) atoms. The predicted octanol–water partition coefficient (Wildman–Crippen LogP) is 4.88. The maximum atomic E-state index is 14.0. The first kappa shape index (κ1) is 31.8. The molecule has 9 nitrogen and oxygen atoms in total.